The zero-order valence-electron chi connectivity index (χ0n) is 11.7. The molecule has 0 saturated carbocycles. The van der Waals surface area contributed by atoms with Gasteiger partial charge in [0.15, 0.2) is 0 Å². The Labute approximate surface area is 131 Å². The lowest BCUT2D eigenvalue weighted by molar-refractivity contribution is 0.415. The molecule has 2 heterocycles. The van der Waals surface area contributed by atoms with Crippen LogP contribution in [0.15, 0.2) is 30.2 Å². The second-order valence-electron chi connectivity index (χ2n) is 4.58. The summed E-state index contributed by atoms with van der Waals surface area (Å²) in [4.78, 5) is 9.15. The number of pyridine rings is 1. The molecule has 1 aromatic carbocycles. The standard InChI is InChI=1S/C16H13ClN2OS/c1-4-10-8-21-16(18-10)12-7-9(2)11-5-6-13(20-3)14(17)15(11)19-12/h4-8H,1H2,2-3H3. The topological polar surface area (TPSA) is 35.0 Å². The maximum absolute atomic E-state index is 6.38. The Kier molecular flexibility index (Phi) is 3.66. The molecule has 0 saturated heterocycles. The maximum Gasteiger partial charge on any atom is 0.142 e. The molecule has 2 aromatic heterocycles. The van der Waals surface area contributed by atoms with Gasteiger partial charge in [-0.15, -0.1) is 11.3 Å². The molecule has 0 unspecified atom stereocenters. The average molecular weight is 317 g/mol. The van der Waals surface area contributed by atoms with Crippen LogP contribution in [-0.4, -0.2) is 17.1 Å². The van der Waals surface area contributed by atoms with Gasteiger partial charge in [0.05, 0.1) is 24.0 Å². The minimum absolute atomic E-state index is 0.528. The minimum atomic E-state index is 0.528. The number of fused-ring (bicyclic) bond motifs is 1. The van der Waals surface area contributed by atoms with Gasteiger partial charge in [-0.2, -0.15) is 0 Å². The number of benzene rings is 1. The minimum Gasteiger partial charge on any atom is -0.495 e. The van der Waals surface area contributed by atoms with Gasteiger partial charge in [-0.05, 0) is 36.8 Å². The molecule has 0 fully saturated rings. The highest BCUT2D eigenvalue weighted by Crippen LogP contribution is 2.35. The van der Waals surface area contributed by atoms with Crippen molar-refractivity contribution in [2.45, 2.75) is 6.92 Å². The zero-order chi connectivity index (χ0) is 15.0. The smallest absolute Gasteiger partial charge is 0.142 e. The second-order valence-corrected chi connectivity index (χ2v) is 5.82. The van der Waals surface area contributed by atoms with Crippen LogP contribution in [0.1, 0.15) is 11.3 Å². The molecule has 0 spiro atoms. The Bertz CT molecular complexity index is 842. The van der Waals surface area contributed by atoms with E-state index in [2.05, 4.69) is 16.5 Å². The fraction of sp³-hybridized carbons (Fsp3) is 0.125. The third-order valence-corrected chi connectivity index (χ3v) is 4.51. The summed E-state index contributed by atoms with van der Waals surface area (Å²) in [7, 11) is 1.60. The van der Waals surface area contributed by atoms with Gasteiger partial charge in [0.25, 0.3) is 0 Å². The molecule has 0 amide bonds. The lowest BCUT2D eigenvalue weighted by Crippen LogP contribution is -1.92. The van der Waals surface area contributed by atoms with E-state index in [1.807, 2.05) is 30.5 Å². The average Bonchev–Trinajstić information content (AvgIpc) is 2.97. The fourth-order valence-electron chi connectivity index (χ4n) is 2.17. The molecule has 0 bridgehead atoms. The van der Waals surface area contributed by atoms with Crippen LogP contribution in [-0.2, 0) is 0 Å². The lowest BCUT2D eigenvalue weighted by atomic mass is 10.1. The summed E-state index contributed by atoms with van der Waals surface area (Å²) in [5, 5.41) is 4.36. The van der Waals surface area contributed by atoms with Crippen LogP contribution in [0.2, 0.25) is 5.02 Å². The molecule has 21 heavy (non-hydrogen) atoms. The third-order valence-electron chi connectivity index (χ3n) is 3.26. The van der Waals surface area contributed by atoms with Crippen molar-refractivity contribution in [1.82, 2.24) is 9.97 Å². The fourth-order valence-corrected chi connectivity index (χ4v) is 3.22. The van der Waals surface area contributed by atoms with E-state index in [1.165, 1.54) is 0 Å². The molecule has 5 heteroatoms. The Morgan fingerprint density at radius 3 is 2.81 bits per heavy atom. The quantitative estimate of drug-likeness (QED) is 0.684. The number of rotatable bonds is 3. The molecule has 0 atom stereocenters. The van der Waals surface area contributed by atoms with Gasteiger partial charge >= 0.3 is 0 Å². The number of aryl methyl sites for hydroxylation is 1. The SMILES string of the molecule is C=Cc1csc(-c2cc(C)c3ccc(OC)c(Cl)c3n2)n1. The number of hydrogen-bond donors (Lipinski definition) is 0. The van der Waals surface area contributed by atoms with Crippen LogP contribution in [0.3, 0.4) is 0 Å². The summed E-state index contributed by atoms with van der Waals surface area (Å²) in [6.07, 6.45) is 1.73. The molecule has 0 aliphatic heterocycles. The van der Waals surface area contributed by atoms with Crippen molar-refractivity contribution in [3.8, 4) is 16.5 Å². The first-order chi connectivity index (χ1) is 10.1. The van der Waals surface area contributed by atoms with Crippen LogP contribution < -0.4 is 4.74 Å². The molecular weight excluding hydrogens is 304 g/mol. The summed E-state index contributed by atoms with van der Waals surface area (Å²) in [5.41, 5.74) is 3.51. The van der Waals surface area contributed by atoms with Crippen molar-refractivity contribution in [2.24, 2.45) is 0 Å². The van der Waals surface area contributed by atoms with Gasteiger partial charge < -0.3 is 4.74 Å². The van der Waals surface area contributed by atoms with Crippen molar-refractivity contribution in [2.75, 3.05) is 7.11 Å². The molecule has 0 aliphatic rings. The van der Waals surface area contributed by atoms with Gasteiger partial charge in [-0.3, -0.25) is 0 Å². The monoisotopic (exact) mass is 316 g/mol. The Morgan fingerprint density at radius 2 is 2.14 bits per heavy atom. The number of thiazole rings is 1. The number of ether oxygens (including phenoxy) is 1. The van der Waals surface area contributed by atoms with E-state index in [1.54, 1.807) is 24.5 Å². The Morgan fingerprint density at radius 1 is 1.33 bits per heavy atom. The molecule has 0 aliphatic carbocycles. The maximum atomic E-state index is 6.38. The predicted molar refractivity (Wildman–Crippen MR) is 89.2 cm³/mol. The van der Waals surface area contributed by atoms with E-state index < -0.39 is 0 Å². The first-order valence-corrected chi connectivity index (χ1v) is 7.62. The summed E-state index contributed by atoms with van der Waals surface area (Å²) >= 11 is 7.93. The van der Waals surface area contributed by atoms with E-state index in [0.717, 1.165) is 32.9 Å². The Hall–Kier alpha value is -1.91. The molecule has 0 N–H and O–H groups in total. The molecule has 3 aromatic rings. The van der Waals surface area contributed by atoms with Crippen LogP contribution in [0.5, 0.6) is 5.75 Å². The van der Waals surface area contributed by atoms with Crippen molar-refractivity contribution in [3.63, 3.8) is 0 Å². The second kappa shape index (κ2) is 5.47. The van der Waals surface area contributed by atoms with E-state index in [-0.39, 0.29) is 0 Å². The largest absolute Gasteiger partial charge is 0.495 e. The third kappa shape index (κ3) is 2.41. The van der Waals surface area contributed by atoms with Crippen LogP contribution >= 0.6 is 22.9 Å². The Balaban J connectivity index is 2.25. The van der Waals surface area contributed by atoms with E-state index in [4.69, 9.17) is 16.3 Å². The normalized spacial score (nSPS) is 10.8. The first-order valence-electron chi connectivity index (χ1n) is 6.36. The molecule has 106 valence electrons. The summed E-state index contributed by atoms with van der Waals surface area (Å²) < 4.78 is 5.26. The summed E-state index contributed by atoms with van der Waals surface area (Å²) in [6, 6.07) is 5.86. The molecular formula is C16H13ClN2OS. The summed E-state index contributed by atoms with van der Waals surface area (Å²) in [6.45, 7) is 5.77. The van der Waals surface area contributed by atoms with Crippen molar-refractivity contribution >= 4 is 39.9 Å². The van der Waals surface area contributed by atoms with Crippen molar-refractivity contribution in [1.29, 1.82) is 0 Å². The highest BCUT2D eigenvalue weighted by molar-refractivity contribution is 7.13. The van der Waals surface area contributed by atoms with Crippen LogP contribution in [0.25, 0.3) is 27.7 Å². The van der Waals surface area contributed by atoms with Gasteiger partial charge in [0.2, 0.25) is 0 Å². The van der Waals surface area contributed by atoms with Crippen LogP contribution in [0.4, 0.5) is 0 Å². The lowest BCUT2D eigenvalue weighted by Gasteiger charge is -2.09. The van der Waals surface area contributed by atoms with Crippen LogP contribution in [0, 0.1) is 6.92 Å². The molecule has 0 radical (unpaired) electrons. The van der Waals surface area contributed by atoms with E-state index in [0.29, 0.717) is 10.8 Å². The highest BCUT2D eigenvalue weighted by atomic mass is 35.5. The van der Waals surface area contributed by atoms with E-state index >= 15 is 0 Å². The van der Waals surface area contributed by atoms with Gasteiger partial charge in [-0.1, -0.05) is 18.2 Å². The number of aromatic nitrogens is 2. The van der Waals surface area contributed by atoms with Gasteiger partial charge in [0, 0.05) is 10.8 Å². The molecule has 3 nitrogen and oxygen atoms in total. The van der Waals surface area contributed by atoms with Gasteiger partial charge in [-0.25, -0.2) is 9.97 Å². The predicted octanol–water partition coefficient (Wildman–Crippen LogP) is 4.97. The highest BCUT2D eigenvalue weighted by Gasteiger charge is 2.13. The van der Waals surface area contributed by atoms with Crippen molar-refractivity contribution < 1.29 is 4.74 Å². The zero-order valence-corrected chi connectivity index (χ0v) is 13.3. The van der Waals surface area contributed by atoms with E-state index in [9.17, 15) is 0 Å². The van der Waals surface area contributed by atoms with Gasteiger partial charge in [0.1, 0.15) is 15.8 Å². The first kappa shape index (κ1) is 14.0. The number of methoxy groups -OCH3 is 1. The number of nitrogens with zero attached hydrogens (tertiary/aromatic N) is 2. The molecule has 3 rings (SSSR count). The number of hydrogen-bond acceptors (Lipinski definition) is 4. The van der Waals surface area contributed by atoms with Crippen molar-refractivity contribution in [3.05, 3.63) is 46.4 Å². The number of halogens is 1. The summed E-state index contributed by atoms with van der Waals surface area (Å²) in [5.74, 6) is 0.624.